The summed E-state index contributed by atoms with van der Waals surface area (Å²) in [7, 11) is 0. The summed E-state index contributed by atoms with van der Waals surface area (Å²) in [6.07, 6.45) is 6.97. The number of nitrogens with zero attached hydrogens (tertiary/aromatic N) is 1. The second-order valence-corrected chi connectivity index (χ2v) is 7.44. The number of nitrogens with one attached hydrogen (secondary N) is 1. The summed E-state index contributed by atoms with van der Waals surface area (Å²) in [5.41, 5.74) is 4.29. The van der Waals surface area contributed by atoms with Gasteiger partial charge in [0.15, 0.2) is 5.17 Å². The molecule has 3 rings (SSSR count). The number of amidine groups is 1. The molecule has 1 N–H and O–H groups in total. The Bertz CT molecular complexity index is 495. The number of thioether (sulfide) groups is 1. The normalized spacial score (nSPS) is 21.6. The maximum Gasteiger partial charge on any atom is 0.161 e. The van der Waals surface area contributed by atoms with Crippen molar-refractivity contribution in [1.82, 2.24) is 0 Å². The van der Waals surface area contributed by atoms with Crippen LogP contribution in [0.4, 0.5) is 5.69 Å². The standard InChI is InChI=1S/C17H24N2S/c1-13-8-14(2)10-15(9-13)19-16-18-11-17(12-20-16)6-4-3-5-7-17/h8-10H,3-7,11-12H2,1-2H3,(H,18,19). The lowest BCUT2D eigenvalue weighted by Gasteiger charge is -2.38. The van der Waals surface area contributed by atoms with Crippen LogP contribution >= 0.6 is 11.8 Å². The number of anilines is 1. The van der Waals surface area contributed by atoms with Gasteiger partial charge in [-0.25, -0.2) is 0 Å². The fraction of sp³-hybridized carbons (Fsp3) is 0.588. The molecule has 1 fully saturated rings. The lowest BCUT2D eigenvalue weighted by Crippen LogP contribution is -2.35. The van der Waals surface area contributed by atoms with Gasteiger partial charge in [0.1, 0.15) is 0 Å². The van der Waals surface area contributed by atoms with E-state index < -0.39 is 0 Å². The van der Waals surface area contributed by atoms with E-state index in [1.54, 1.807) is 0 Å². The number of hydrogen-bond acceptors (Lipinski definition) is 3. The molecular weight excluding hydrogens is 264 g/mol. The topological polar surface area (TPSA) is 24.4 Å². The summed E-state index contributed by atoms with van der Waals surface area (Å²) in [5, 5.41) is 4.60. The first-order valence-corrected chi connectivity index (χ1v) is 8.66. The Morgan fingerprint density at radius 3 is 2.35 bits per heavy atom. The minimum absolute atomic E-state index is 0.511. The molecule has 0 saturated heterocycles. The Labute approximate surface area is 126 Å². The number of rotatable bonds is 1. The molecule has 108 valence electrons. The van der Waals surface area contributed by atoms with Gasteiger partial charge in [0.25, 0.3) is 0 Å². The van der Waals surface area contributed by atoms with Gasteiger partial charge < -0.3 is 5.32 Å². The monoisotopic (exact) mass is 288 g/mol. The van der Waals surface area contributed by atoms with Crippen LogP contribution in [0.2, 0.25) is 0 Å². The van der Waals surface area contributed by atoms with Crippen LogP contribution in [0.1, 0.15) is 43.2 Å². The van der Waals surface area contributed by atoms with E-state index in [0.29, 0.717) is 5.41 Å². The molecule has 2 aliphatic rings. The molecule has 1 heterocycles. The van der Waals surface area contributed by atoms with Crippen molar-refractivity contribution in [3.8, 4) is 0 Å². The first-order valence-electron chi connectivity index (χ1n) is 7.68. The van der Waals surface area contributed by atoms with Gasteiger partial charge in [-0.05, 0) is 55.4 Å². The predicted molar refractivity (Wildman–Crippen MR) is 89.8 cm³/mol. The largest absolute Gasteiger partial charge is 0.335 e. The van der Waals surface area contributed by atoms with Crippen molar-refractivity contribution in [2.45, 2.75) is 46.0 Å². The van der Waals surface area contributed by atoms with Crippen molar-refractivity contribution < 1.29 is 0 Å². The summed E-state index contributed by atoms with van der Waals surface area (Å²) in [5.74, 6) is 1.24. The Morgan fingerprint density at radius 1 is 1.05 bits per heavy atom. The second kappa shape index (κ2) is 5.80. The minimum atomic E-state index is 0.511. The molecule has 2 nitrogen and oxygen atoms in total. The maximum absolute atomic E-state index is 4.83. The summed E-state index contributed by atoms with van der Waals surface area (Å²) < 4.78 is 0. The summed E-state index contributed by atoms with van der Waals surface area (Å²) in [6, 6.07) is 6.60. The molecule has 1 aliphatic carbocycles. The van der Waals surface area contributed by atoms with Crippen LogP contribution in [-0.4, -0.2) is 17.5 Å². The highest BCUT2D eigenvalue weighted by atomic mass is 32.2. The zero-order valence-corrected chi connectivity index (χ0v) is 13.4. The quantitative estimate of drug-likeness (QED) is 0.805. The highest BCUT2D eigenvalue weighted by Gasteiger charge is 2.34. The SMILES string of the molecule is Cc1cc(C)cc(NC2=NCC3(CCCCC3)CS2)c1. The maximum atomic E-state index is 4.83. The van der Waals surface area contributed by atoms with Crippen molar-refractivity contribution in [3.05, 3.63) is 29.3 Å². The molecule has 1 aromatic carbocycles. The van der Waals surface area contributed by atoms with Crippen LogP contribution in [0.5, 0.6) is 0 Å². The molecule has 0 aromatic heterocycles. The molecule has 20 heavy (non-hydrogen) atoms. The van der Waals surface area contributed by atoms with Gasteiger partial charge in [-0.1, -0.05) is 37.1 Å². The van der Waals surface area contributed by atoms with Crippen LogP contribution in [0, 0.1) is 19.3 Å². The summed E-state index contributed by atoms with van der Waals surface area (Å²) in [4.78, 5) is 4.83. The average molecular weight is 288 g/mol. The third kappa shape index (κ3) is 3.20. The van der Waals surface area contributed by atoms with Gasteiger partial charge in [0, 0.05) is 18.0 Å². The smallest absolute Gasteiger partial charge is 0.161 e. The summed E-state index contributed by atoms with van der Waals surface area (Å²) >= 11 is 1.91. The highest BCUT2D eigenvalue weighted by Crippen LogP contribution is 2.41. The molecule has 1 aromatic rings. The van der Waals surface area contributed by atoms with Crippen molar-refractivity contribution in [2.75, 3.05) is 17.6 Å². The van der Waals surface area contributed by atoms with Crippen molar-refractivity contribution >= 4 is 22.6 Å². The second-order valence-electron chi connectivity index (χ2n) is 6.47. The predicted octanol–water partition coefficient (Wildman–Crippen LogP) is 4.77. The molecule has 0 atom stereocenters. The number of hydrogen-bond donors (Lipinski definition) is 1. The molecule has 1 saturated carbocycles. The minimum Gasteiger partial charge on any atom is -0.335 e. The lowest BCUT2D eigenvalue weighted by molar-refractivity contribution is 0.232. The van der Waals surface area contributed by atoms with Gasteiger partial charge in [-0.2, -0.15) is 0 Å². The zero-order valence-electron chi connectivity index (χ0n) is 12.5. The van der Waals surface area contributed by atoms with Crippen molar-refractivity contribution in [3.63, 3.8) is 0 Å². The van der Waals surface area contributed by atoms with Gasteiger partial charge >= 0.3 is 0 Å². The van der Waals surface area contributed by atoms with Crippen molar-refractivity contribution in [1.29, 1.82) is 0 Å². The Kier molecular flexibility index (Phi) is 4.06. The Hall–Kier alpha value is -0.960. The zero-order chi connectivity index (χ0) is 14.0. The van der Waals surface area contributed by atoms with E-state index in [1.165, 1.54) is 54.7 Å². The molecule has 0 unspecified atom stereocenters. The third-order valence-corrected chi connectivity index (χ3v) is 5.72. The first-order chi connectivity index (χ1) is 9.65. The summed E-state index contributed by atoms with van der Waals surface area (Å²) in [6.45, 7) is 5.31. The molecule has 0 amide bonds. The van der Waals surface area contributed by atoms with Gasteiger partial charge in [-0.3, -0.25) is 4.99 Å². The average Bonchev–Trinajstić information content (AvgIpc) is 2.42. The van der Waals surface area contributed by atoms with Gasteiger partial charge in [0.2, 0.25) is 0 Å². The van der Waals surface area contributed by atoms with E-state index in [4.69, 9.17) is 4.99 Å². The fourth-order valence-corrected chi connectivity index (χ4v) is 4.57. The van der Waals surface area contributed by atoms with E-state index >= 15 is 0 Å². The van der Waals surface area contributed by atoms with Crippen LogP contribution in [0.25, 0.3) is 0 Å². The Balaban J connectivity index is 1.67. The highest BCUT2D eigenvalue weighted by molar-refractivity contribution is 8.14. The van der Waals surface area contributed by atoms with Gasteiger partial charge in [-0.15, -0.1) is 0 Å². The molecule has 1 aliphatic heterocycles. The molecule has 1 spiro atoms. The van der Waals surface area contributed by atoms with Gasteiger partial charge in [0.05, 0.1) is 0 Å². The number of aryl methyl sites for hydroxylation is 2. The van der Waals surface area contributed by atoms with Crippen LogP contribution < -0.4 is 5.32 Å². The molecule has 3 heteroatoms. The Morgan fingerprint density at radius 2 is 1.75 bits per heavy atom. The van der Waals surface area contributed by atoms with Crippen LogP contribution in [-0.2, 0) is 0 Å². The van der Waals surface area contributed by atoms with E-state index in [2.05, 4.69) is 37.4 Å². The lowest BCUT2D eigenvalue weighted by atomic mass is 9.75. The van der Waals surface area contributed by atoms with Crippen molar-refractivity contribution in [2.24, 2.45) is 10.4 Å². The van der Waals surface area contributed by atoms with Crippen LogP contribution in [0.15, 0.2) is 23.2 Å². The number of benzene rings is 1. The van der Waals surface area contributed by atoms with E-state index in [-0.39, 0.29) is 0 Å². The molecular formula is C17H24N2S. The third-order valence-electron chi connectivity index (χ3n) is 4.46. The molecule has 0 bridgehead atoms. The van der Waals surface area contributed by atoms with E-state index in [1.807, 2.05) is 11.8 Å². The van der Waals surface area contributed by atoms with E-state index in [0.717, 1.165) is 11.7 Å². The molecule has 0 radical (unpaired) electrons. The fourth-order valence-electron chi connectivity index (χ4n) is 3.40. The van der Waals surface area contributed by atoms with E-state index in [9.17, 15) is 0 Å². The van der Waals surface area contributed by atoms with Crippen LogP contribution in [0.3, 0.4) is 0 Å². The number of aliphatic imine (C=N–C) groups is 1. The first kappa shape index (κ1) is 14.0.